The van der Waals surface area contributed by atoms with Crippen molar-refractivity contribution in [1.29, 1.82) is 10.5 Å². The maximum absolute atomic E-state index is 8.87. The molecule has 0 amide bonds. The summed E-state index contributed by atoms with van der Waals surface area (Å²) in [5.74, 6) is 5.79. The largest absolute Gasteiger partial charge is 0.383 e. The predicted octanol–water partition coefficient (Wildman–Crippen LogP) is 0.480. The van der Waals surface area contributed by atoms with E-state index in [1.54, 1.807) is 0 Å². The molecule has 1 aromatic heterocycles. The number of aromatic nitrogens is 1. The molecule has 0 fully saturated rings. The first-order chi connectivity index (χ1) is 6.67. The molecular formula is C9H11N5. The van der Waals surface area contributed by atoms with Crippen LogP contribution in [0.5, 0.6) is 0 Å². The summed E-state index contributed by atoms with van der Waals surface area (Å²) in [4.78, 5) is 0. The highest BCUT2D eigenvalue weighted by Crippen LogP contribution is 2.22. The highest BCUT2D eigenvalue weighted by molar-refractivity contribution is 5.62. The van der Waals surface area contributed by atoms with Gasteiger partial charge in [-0.25, -0.2) is 4.68 Å². The van der Waals surface area contributed by atoms with E-state index in [2.05, 4.69) is 0 Å². The molecule has 0 aliphatic carbocycles. The number of rotatable bonds is 2. The second-order valence-corrected chi connectivity index (χ2v) is 2.93. The molecule has 1 heterocycles. The van der Waals surface area contributed by atoms with Gasteiger partial charge in [0.2, 0.25) is 0 Å². The molecule has 0 aliphatic heterocycles. The zero-order valence-corrected chi connectivity index (χ0v) is 7.91. The molecule has 0 saturated heterocycles. The number of hydrogen-bond donors (Lipinski definition) is 2. The van der Waals surface area contributed by atoms with Crippen molar-refractivity contribution in [1.82, 2.24) is 4.68 Å². The van der Waals surface area contributed by atoms with Gasteiger partial charge in [-0.15, -0.1) is 0 Å². The smallest absolute Gasteiger partial charge is 0.141 e. The quantitative estimate of drug-likeness (QED) is 0.660. The third kappa shape index (κ3) is 1.25. The van der Waals surface area contributed by atoms with Crippen molar-refractivity contribution in [2.24, 2.45) is 0 Å². The third-order valence-corrected chi connectivity index (χ3v) is 2.06. The Morgan fingerprint density at radius 1 is 1.29 bits per heavy atom. The van der Waals surface area contributed by atoms with E-state index in [-0.39, 0.29) is 11.4 Å². The second kappa shape index (κ2) is 3.71. The van der Waals surface area contributed by atoms with Gasteiger partial charge in [-0.2, -0.15) is 10.5 Å². The van der Waals surface area contributed by atoms with Gasteiger partial charge < -0.3 is 11.6 Å². The highest BCUT2D eigenvalue weighted by atomic mass is 15.3. The maximum atomic E-state index is 8.87. The Hall–Kier alpha value is -2.14. The average molecular weight is 189 g/mol. The third-order valence-electron chi connectivity index (χ3n) is 2.06. The molecule has 0 unspecified atom stereocenters. The lowest BCUT2D eigenvalue weighted by molar-refractivity contribution is 0.825. The number of hydrogen-bond acceptors (Lipinski definition) is 4. The molecule has 0 aliphatic rings. The molecule has 0 bridgehead atoms. The van der Waals surface area contributed by atoms with Crippen molar-refractivity contribution < 1.29 is 0 Å². The molecule has 0 spiro atoms. The van der Waals surface area contributed by atoms with E-state index in [9.17, 15) is 0 Å². The van der Waals surface area contributed by atoms with Crippen molar-refractivity contribution in [2.75, 3.05) is 11.6 Å². The van der Waals surface area contributed by atoms with Gasteiger partial charge in [0.1, 0.15) is 23.5 Å². The zero-order chi connectivity index (χ0) is 10.7. The Labute approximate surface area is 82.1 Å². The fourth-order valence-electron chi connectivity index (χ4n) is 1.37. The topological polar surface area (TPSA) is 105 Å². The summed E-state index contributed by atoms with van der Waals surface area (Å²) in [5.41, 5.74) is 6.69. The fourth-order valence-corrected chi connectivity index (χ4v) is 1.37. The number of nitrogens with zero attached hydrogens (tertiary/aromatic N) is 3. The first-order valence-corrected chi connectivity index (χ1v) is 4.25. The molecule has 0 saturated carbocycles. The summed E-state index contributed by atoms with van der Waals surface area (Å²) in [6.45, 7) is 1.97. The van der Waals surface area contributed by atoms with E-state index in [1.165, 1.54) is 4.68 Å². The van der Waals surface area contributed by atoms with Crippen molar-refractivity contribution in [3.05, 3.63) is 16.8 Å². The van der Waals surface area contributed by atoms with Crippen LogP contribution in [0.4, 0.5) is 5.82 Å². The van der Waals surface area contributed by atoms with Gasteiger partial charge in [0, 0.05) is 0 Å². The van der Waals surface area contributed by atoms with Gasteiger partial charge in [0.15, 0.2) is 0 Å². The van der Waals surface area contributed by atoms with E-state index in [0.29, 0.717) is 17.7 Å². The average Bonchev–Trinajstić information content (AvgIpc) is 2.42. The maximum Gasteiger partial charge on any atom is 0.141 e. The van der Waals surface area contributed by atoms with Gasteiger partial charge in [-0.05, 0) is 6.42 Å². The Balaban J connectivity index is 3.44. The van der Waals surface area contributed by atoms with Crippen LogP contribution in [0.1, 0.15) is 30.2 Å². The lowest BCUT2D eigenvalue weighted by Gasteiger charge is -2.02. The van der Waals surface area contributed by atoms with Crippen LogP contribution in [0.15, 0.2) is 0 Å². The highest BCUT2D eigenvalue weighted by Gasteiger charge is 2.18. The number of nitrogen functional groups attached to an aromatic ring is 2. The van der Waals surface area contributed by atoms with Gasteiger partial charge in [-0.1, -0.05) is 13.3 Å². The van der Waals surface area contributed by atoms with E-state index < -0.39 is 0 Å². The molecule has 1 aromatic rings. The normalized spacial score (nSPS) is 9.36. The fraction of sp³-hybridized carbons (Fsp3) is 0.333. The van der Waals surface area contributed by atoms with Gasteiger partial charge in [-0.3, -0.25) is 0 Å². The lowest BCUT2D eigenvalue weighted by Crippen LogP contribution is -2.15. The minimum Gasteiger partial charge on any atom is -0.383 e. The van der Waals surface area contributed by atoms with Crippen molar-refractivity contribution in [2.45, 2.75) is 19.8 Å². The molecule has 0 radical (unpaired) electrons. The van der Waals surface area contributed by atoms with Crippen molar-refractivity contribution in [3.63, 3.8) is 0 Å². The van der Waals surface area contributed by atoms with Crippen LogP contribution in [0, 0.1) is 22.7 Å². The van der Waals surface area contributed by atoms with E-state index in [4.69, 9.17) is 22.1 Å². The molecular weight excluding hydrogens is 178 g/mol. The van der Waals surface area contributed by atoms with Crippen LogP contribution in [0.2, 0.25) is 0 Å². The molecule has 0 atom stereocenters. The summed E-state index contributed by atoms with van der Waals surface area (Å²) in [6, 6.07) is 3.84. The van der Waals surface area contributed by atoms with E-state index in [1.807, 2.05) is 19.1 Å². The minimum atomic E-state index is 0.160. The number of nitrogens with two attached hydrogens (primary N) is 2. The van der Waals surface area contributed by atoms with Gasteiger partial charge in [0.05, 0.1) is 11.3 Å². The second-order valence-electron chi connectivity index (χ2n) is 2.93. The molecule has 14 heavy (non-hydrogen) atoms. The monoisotopic (exact) mass is 189 g/mol. The lowest BCUT2D eigenvalue weighted by atomic mass is 10.1. The number of anilines is 1. The number of nitriles is 2. The SMILES string of the molecule is CCCc1c(C#N)c(C#N)c(N)n1N. The summed E-state index contributed by atoms with van der Waals surface area (Å²) in [7, 11) is 0. The Morgan fingerprint density at radius 2 is 1.86 bits per heavy atom. The Bertz CT molecular complexity index is 430. The van der Waals surface area contributed by atoms with E-state index >= 15 is 0 Å². The van der Waals surface area contributed by atoms with Crippen molar-refractivity contribution in [3.8, 4) is 12.1 Å². The van der Waals surface area contributed by atoms with Crippen LogP contribution >= 0.6 is 0 Å². The first kappa shape index (κ1) is 9.94. The Kier molecular flexibility index (Phi) is 2.64. The van der Waals surface area contributed by atoms with Crippen LogP contribution in [0.3, 0.4) is 0 Å². The molecule has 4 N–H and O–H groups in total. The molecule has 72 valence electrons. The standard InChI is InChI=1S/C9H11N5/c1-2-3-8-6(4-10)7(5-11)9(12)14(8)13/h2-3,12-13H2,1H3. The Morgan fingerprint density at radius 3 is 2.29 bits per heavy atom. The van der Waals surface area contributed by atoms with Crippen LogP contribution in [-0.4, -0.2) is 4.68 Å². The van der Waals surface area contributed by atoms with E-state index in [0.717, 1.165) is 6.42 Å². The molecule has 1 rings (SSSR count). The molecule has 5 nitrogen and oxygen atoms in total. The summed E-state index contributed by atoms with van der Waals surface area (Å²) >= 11 is 0. The summed E-state index contributed by atoms with van der Waals surface area (Å²) in [5, 5.41) is 17.7. The predicted molar refractivity (Wildman–Crippen MR) is 52.4 cm³/mol. The van der Waals surface area contributed by atoms with Gasteiger partial charge >= 0.3 is 0 Å². The molecule has 0 aromatic carbocycles. The van der Waals surface area contributed by atoms with Crippen molar-refractivity contribution >= 4 is 5.82 Å². The first-order valence-electron chi connectivity index (χ1n) is 4.25. The molecule has 5 heteroatoms. The minimum absolute atomic E-state index is 0.160. The van der Waals surface area contributed by atoms with Crippen LogP contribution < -0.4 is 11.6 Å². The zero-order valence-electron chi connectivity index (χ0n) is 7.91. The van der Waals surface area contributed by atoms with Crippen LogP contribution in [0.25, 0.3) is 0 Å². The summed E-state index contributed by atoms with van der Waals surface area (Å²) in [6.07, 6.45) is 1.49. The van der Waals surface area contributed by atoms with Crippen LogP contribution in [-0.2, 0) is 6.42 Å². The van der Waals surface area contributed by atoms with Gasteiger partial charge in [0.25, 0.3) is 0 Å². The summed E-state index contributed by atoms with van der Waals surface area (Å²) < 4.78 is 1.22.